The molecule has 0 atom stereocenters. The van der Waals surface area contributed by atoms with Crippen LogP contribution in [0.25, 0.3) is 0 Å². The van der Waals surface area contributed by atoms with Crippen LogP contribution in [0.2, 0.25) is 0 Å². The Hall–Kier alpha value is -2.70. The van der Waals surface area contributed by atoms with Crippen molar-refractivity contribution in [2.75, 3.05) is 18.4 Å². The van der Waals surface area contributed by atoms with Gasteiger partial charge >= 0.3 is 0 Å². The summed E-state index contributed by atoms with van der Waals surface area (Å²) in [4.78, 5) is 27.3. The largest absolute Gasteiger partial charge is 0.360 e. The highest BCUT2D eigenvalue weighted by molar-refractivity contribution is 5.93. The number of halogens is 1. The van der Waals surface area contributed by atoms with Crippen LogP contribution in [0.1, 0.15) is 37.0 Å². The summed E-state index contributed by atoms with van der Waals surface area (Å²) in [5.41, 5.74) is 0.385. The molecular weight excluding hydrogens is 349 g/mol. The van der Waals surface area contributed by atoms with Gasteiger partial charge in [0.1, 0.15) is 11.6 Å². The number of aromatic nitrogens is 1. The number of carbonyl (C=O) groups excluding carboxylic acids is 2. The van der Waals surface area contributed by atoms with Crippen LogP contribution in [0.15, 0.2) is 34.9 Å². The summed E-state index contributed by atoms with van der Waals surface area (Å²) >= 11 is 0. The SMILES string of the molecule is Cc1cc(NC(=O)C2CCN(C(=O)C3(c4ccc(F)cc4)CC3)CC2)no1. The zero-order valence-corrected chi connectivity index (χ0v) is 15.2. The summed E-state index contributed by atoms with van der Waals surface area (Å²) in [6, 6.07) is 7.91. The predicted octanol–water partition coefficient (Wildman–Crippen LogP) is 3.03. The van der Waals surface area contributed by atoms with E-state index in [1.54, 1.807) is 25.1 Å². The number of nitrogens with zero attached hydrogens (tertiary/aromatic N) is 2. The number of rotatable bonds is 4. The Morgan fingerprint density at radius 2 is 1.89 bits per heavy atom. The zero-order valence-electron chi connectivity index (χ0n) is 15.2. The first-order chi connectivity index (χ1) is 13.0. The van der Waals surface area contributed by atoms with Crippen molar-refractivity contribution in [3.05, 3.63) is 47.5 Å². The molecule has 1 saturated heterocycles. The van der Waals surface area contributed by atoms with E-state index in [-0.39, 0.29) is 23.5 Å². The lowest BCUT2D eigenvalue weighted by Gasteiger charge is -2.34. The number of likely N-dealkylation sites (tertiary alicyclic amines) is 1. The molecule has 2 aromatic rings. The quantitative estimate of drug-likeness (QED) is 0.896. The number of aryl methyl sites for hydroxylation is 1. The van der Waals surface area contributed by atoms with Gasteiger partial charge in [0.2, 0.25) is 11.8 Å². The standard InChI is InChI=1S/C20H22FN3O3/c1-13-12-17(23-27-13)22-18(25)14-6-10-24(11-7-14)19(26)20(8-9-20)15-2-4-16(21)5-3-15/h2-5,12,14H,6-11H2,1H3,(H,22,23,25). The molecule has 1 saturated carbocycles. The fourth-order valence-corrected chi connectivity index (χ4v) is 3.82. The Kier molecular flexibility index (Phi) is 4.45. The molecular formula is C20H22FN3O3. The lowest BCUT2D eigenvalue weighted by Crippen LogP contribution is -2.45. The lowest BCUT2D eigenvalue weighted by molar-refractivity contribution is -0.137. The Bertz CT molecular complexity index is 850. The van der Waals surface area contributed by atoms with E-state index in [2.05, 4.69) is 10.5 Å². The molecule has 0 bridgehead atoms. The Labute approximate surface area is 156 Å². The second-order valence-electron chi connectivity index (χ2n) is 7.47. The molecule has 1 aromatic heterocycles. The summed E-state index contributed by atoms with van der Waals surface area (Å²) in [6.45, 7) is 2.87. The number of benzene rings is 1. The number of amides is 2. The summed E-state index contributed by atoms with van der Waals surface area (Å²) < 4.78 is 18.1. The number of nitrogens with one attached hydrogen (secondary N) is 1. The molecule has 1 N–H and O–H groups in total. The molecule has 0 radical (unpaired) electrons. The van der Waals surface area contributed by atoms with Gasteiger partial charge in [0.25, 0.3) is 0 Å². The molecule has 6 nitrogen and oxygen atoms in total. The van der Waals surface area contributed by atoms with Crippen LogP contribution in [0.4, 0.5) is 10.2 Å². The van der Waals surface area contributed by atoms with Crippen LogP contribution in [0.3, 0.4) is 0 Å². The van der Waals surface area contributed by atoms with Crippen molar-refractivity contribution in [1.29, 1.82) is 0 Å². The highest BCUT2D eigenvalue weighted by Gasteiger charge is 2.53. The van der Waals surface area contributed by atoms with Crippen molar-refractivity contribution in [3.63, 3.8) is 0 Å². The molecule has 142 valence electrons. The molecule has 2 aliphatic rings. The topological polar surface area (TPSA) is 75.4 Å². The van der Waals surface area contributed by atoms with Crippen molar-refractivity contribution in [2.24, 2.45) is 5.92 Å². The number of piperidine rings is 1. The first kappa shape index (κ1) is 17.7. The number of anilines is 1. The van der Waals surface area contributed by atoms with Crippen LogP contribution in [-0.2, 0) is 15.0 Å². The van der Waals surface area contributed by atoms with E-state index < -0.39 is 5.41 Å². The van der Waals surface area contributed by atoms with Crippen molar-refractivity contribution >= 4 is 17.6 Å². The van der Waals surface area contributed by atoms with Crippen molar-refractivity contribution in [3.8, 4) is 0 Å². The zero-order chi connectivity index (χ0) is 19.0. The normalized spacial score (nSPS) is 19.0. The first-order valence-corrected chi connectivity index (χ1v) is 9.27. The molecule has 0 spiro atoms. The van der Waals surface area contributed by atoms with Gasteiger partial charge in [-0.3, -0.25) is 9.59 Å². The van der Waals surface area contributed by atoms with E-state index in [0.29, 0.717) is 37.5 Å². The van der Waals surface area contributed by atoms with Crippen LogP contribution < -0.4 is 5.32 Å². The fourth-order valence-electron chi connectivity index (χ4n) is 3.82. The Morgan fingerprint density at radius 1 is 1.22 bits per heavy atom. The molecule has 0 unspecified atom stereocenters. The van der Waals surface area contributed by atoms with Gasteiger partial charge in [0, 0.05) is 25.1 Å². The summed E-state index contributed by atoms with van der Waals surface area (Å²) in [6.07, 6.45) is 2.83. The van der Waals surface area contributed by atoms with Gasteiger partial charge in [0.05, 0.1) is 5.41 Å². The van der Waals surface area contributed by atoms with E-state index >= 15 is 0 Å². The van der Waals surface area contributed by atoms with E-state index in [1.807, 2.05) is 4.90 Å². The monoisotopic (exact) mass is 371 g/mol. The van der Waals surface area contributed by atoms with Crippen molar-refractivity contribution in [1.82, 2.24) is 10.1 Å². The highest BCUT2D eigenvalue weighted by atomic mass is 19.1. The fraction of sp³-hybridized carbons (Fsp3) is 0.450. The van der Waals surface area contributed by atoms with Crippen LogP contribution in [-0.4, -0.2) is 35.0 Å². The van der Waals surface area contributed by atoms with Gasteiger partial charge in [-0.15, -0.1) is 0 Å². The molecule has 1 aromatic carbocycles. The molecule has 2 amide bonds. The van der Waals surface area contributed by atoms with Gasteiger partial charge in [-0.2, -0.15) is 0 Å². The minimum atomic E-state index is -0.499. The maximum atomic E-state index is 13.2. The summed E-state index contributed by atoms with van der Waals surface area (Å²) in [7, 11) is 0. The number of hydrogen-bond acceptors (Lipinski definition) is 4. The van der Waals surface area contributed by atoms with Gasteiger partial charge in [0.15, 0.2) is 5.82 Å². The highest BCUT2D eigenvalue weighted by Crippen LogP contribution is 2.50. The predicted molar refractivity (Wildman–Crippen MR) is 96.5 cm³/mol. The first-order valence-electron chi connectivity index (χ1n) is 9.27. The maximum absolute atomic E-state index is 13.2. The van der Waals surface area contributed by atoms with E-state index in [9.17, 15) is 14.0 Å². The Balaban J connectivity index is 1.35. The summed E-state index contributed by atoms with van der Waals surface area (Å²) in [5, 5.41) is 6.54. The molecule has 4 rings (SSSR count). The van der Waals surface area contributed by atoms with Gasteiger partial charge in [-0.05, 0) is 50.3 Å². The third-order valence-electron chi connectivity index (χ3n) is 5.59. The molecule has 2 heterocycles. The number of carbonyl (C=O) groups is 2. The van der Waals surface area contributed by atoms with Gasteiger partial charge in [-0.25, -0.2) is 4.39 Å². The van der Waals surface area contributed by atoms with E-state index in [0.717, 1.165) is 18.4 Å². The molecule has 7 heteroatoms. The third kappa shape index (κ3) is 3.46. The molecule has 27 heavy (non-hydrogen) atoms. The average molecular weight is 371 g/mol. The van der Waals surface area contributed by atoms with Crippen LogP contribution in [0, 0.1) is 18.7 Å². The third-order valence-corrected chi connectivity index (χ3v) is 5.59. The van der Waals surface area contributed by atoms with Crippen molar-refractivity contribution in [2.45, 2.75) is 38.0 Å². The van der Waals surface area contributed by atoms with Gasteiger partial charge in [-0.1, -0.05) is 17.3 Å². The second kappa shape index (κ2) is 6.79. The van der Waals surface area contributed by atoms with E-state index in [1.165, 1.54) is 12.1 Å². The molecule has 1 aliphatic carbocycles. The minimum absolute atomic E-state index is 0.0879. The van der Waals surface area contributed by atoms with Gasteiger partial charge < -0.3 is 14.7 Å². The van der Waals surface area contributed by atoms with Crippen molar-refractivity contribution < 1.29 is 18.5 Å². The molecule has 1 aliphatic heterocycles. The Morgan fingerprint density at radius 3 is 2.44 bits per heavy atom. The van der Waals surface area contributed by atoms with Crippen LogP contribution in [0.5, 0.6) is 0 Å². The van der Waals surface area contributed by atoms with E-state index in [4.69, 9.17) is 4.52 Å². The minimum Gasteiger partial charge on any atom is -0.360 e. The lowest BCUT2D eigenvalue weighted by atomic mass is 9.91. The van der Waals surface area contributed by atoms with Crippen LogP contribution >= 0.6 is 0 Å². The molecule has 2 fully saturated rings. The summed E-state index contributed by atoms with van der Waals surface area (Å²) in [5.74, 6) is 0.629. The average Bonchev–Trinajstić information content (AvgIpc) is 3.39. The second-order valence-corrected chi connectivity index (χ2v) is 7.47. The smallest absolute Gasteiger partial charge is 0.233 e. The number of hydrogen-bond donors (Lipinski definition) is 1. The maximum Gasteiger partial charge on any atom is 0.233 e.